The van der Waals surface area contributed by atoms with Crippen LogP contribution in [0, 0.1) is 5.92 Å². The van der Waals surface area contributed by atoms with E-state index in [1.54, 1.807) is 0 Å². The number of rotatable bonds is 3. The summed E-state index contributed by atoms with van der Waals surface area (Å²) in [5.41, 5.74) is 0. The number of phosphoric ester groups is 1. The molecule has 0 aromatic rings. The minimum Gasteiger partial charge on any atom is -0.381 e. The highest BCUT2D eigenvalue weighted by Gasteiger charge is 2.39. The Morgan fingerprint density at radius 1 is 1.57 bits per heavy atom. The molecule has 1 rings (SSSR count). The van der Waals surface area contributed by atoms with E-state index in [0.29, 0.717) is 6.42 Å². The van der Waals surface area contributed by atoms with E-state index in [1.807, 2.05) is 21.7 Å². The minimum absolute atomic E-state index is 0.000972. The first-order valence-electron chi connectivity index (χ1n) is 4.69. The van der Waals surface area contributed by atoms with E-state index in [0.717, 1.165) is 0 Å². The van der Waals surface area contributed by atoms with Crippen LogP contribution in [0.25, 0.3) is 0 Å². The summed E-state index contributed by atoms with van der Waals surface area (Å²) < 4.78 is 20.9. The third-order valence-electron chi connectivity index (χ3n) is 2.25. The monoisotopic (exact) mass is 222 g/mol. The van der Waals surface area contributed by atoms with Crippen molar-refractivity contribution in [2.45, 2.75) is 38.5 Å². The molecule has 0 aliphatic carbocycles. The van der Waals surface area contributed by atoms with Crippen LogP contribution < -0.4 is 0 Å². The largest absolute Gasteiger partial charge is 0.469 e. The van der Waals surface area contributed by atoms with Crippen LogP contribution in [0.15, 0.2) is 0 Å². The van der Waals surface area contributed by atoms with Gasteiger partial charge in [-0.05, 0) is 12.3 Å². The Balaban J connectivity index is 2.62. The Morgan fingerprint density at radius 2 is 2.14 bits per heavy atom. The van der Waals surface area contributed by atoms with Gasteiger partial charge in [0.05, 0.1) is 12.2 Å². The van der Waals surface area contributed by atoms with Gasteiger partial charge in [0.2, 0.25) is 0 Å². The van der Waals surface area contributed by atoms with Gasteiger partial charge in [0.15, 0.2) is 0 Å². The predicted molar refractivity (Wildman–Crippen MR) is 53.6 cm³/mol. The summed E-state index contributed by atoms with van der Waals surface area (Å²) in [6.07, 6.45) is -0.183. The van der Waals surface area contributed by atoms with Gasteiger partial charge >= 0.3 is 7.82 Å². The lowest BCUT2D eigenvalue weighted by molar-refractivity contribution is 0.00244. The van der Waals surface area contributed by atoms with E-state index in [2.05, 4.69) is 4.52 Å². The van der Waals surface area contributed by atoms with Gasteiger partial charge < -0.3 is 14.5 Å². The van der Waals surface area contributed by atoms with Crippen molar-refractivity contribution < 1.29 is 23.6 Å². The quantitative estimate of drug-likeness (QED) is 0.513. The van der Waals surface area contributed by atoms with Crippen LogP contribution in [-0.2, 0) is 13.8 Å². The van der Waals surface area contributed by atoms with Gasteiger partial charge in [0, 0.05) is 6.00 Å². The fourth-order valence-corrected chi connectivity index (χ4v) is 2.30. The molecule has 0 amide bonds. The fraction of sp³-hybridized carbons (Fsp3) is 1.00. The summed E-state index contributed by atoms with van der Waals surface area (Å²) in [4.78, 5) is 17.4. The molecule has 5 nitrogen and oxygen atoms in total. The molecule has 2 N–H and O–H groups in total. The molecule has 0 aromatic heterocycles. The maximum Gasteiger partial charge on any atom is 0.469 e. The molecule has 0 bridgehead atoms. The molecule has 0 radical (unpaired) electrons. The molecule has 1 fully saturated rings. The second kappa shape index (κ2) is 4.33. The number of ether oxygens (including phenoxy) is 1. The zero-order valence-electron chi connectivity index (χ0n) is 8.58. The van der Waals surface area contributed by atoms with E-state index in [1.165, 1.54) is 0 Å². The second-order valence-electron chi connectivity index (χ2n) is 4.03. The molecule has 0 spiro atoms. The third-order valence-corrected chi connectivity index (χ3v) is 2.80. The lowest BCUT2D eigenvalue weighted by Crippen LogP contribution is -2.28. The summed E-state index contributed by atoms with van der Waals surface area (Å²) >= 11 is 0. The van der Waals surface area contributed by atoms with Crippen LogP contribution in [0.4, 0.5) is 0 Å². The Labute approximate surface area is 84.4 Å². The maximum absolute atomic E-state index is 10.7. The Kier molecular flexibility index (Phi) is 3.78. The fourth-order valence-electron chi connectivity index (χ4n) is 1.74. The van der Waals surface area contributed by atoms with Crippen LogP contribution >= 0.6 is 7.82 Å². The zero-order valence-corrected chi connectivity index (χ0v) is 9.48. The van der Waals surface area contributed by atoms with Crippen LogP contribution in [0.2, 0.25) is 0 Å². The standard InChI is InChI=1S/C7H16BO5P/c1-4(2)7-5(3-6(8)12-7)13-14(9,10)11/h4-7H,3,8H2,1-2H3,(H2,9,10,11). The van der Waals surface area contributed by atoms with Gasteiger partial charge in [-0.3, -0.25) is 4.52 Å². The summed E-state index contributed by atoms with van der Waals surface area (Å²) in [7, 11) is -2.53. The van der Waals surface area contributed by atoms with Crippen molar-refractivity contribution in [3.05, 3.63) is 0 Å². The molecule has 0 saturated carbocycles. The second-order valence-corrected chi connectivity index (χ2v) is 5.22. The van der Waals surface area contributed by atoms with Crippen molar-refractivity contribution in [2.75, 3.05) is 0 Å². The van der Waals surface area contributed by atoms with E-state index in [-0.39, 0.29) is 18.0 Å². The van der Waals surface area contributed by atoms with Crippen molar-refractivity contribution in [2.24, 2.45) is 5.92 Å². The van der Waals surface area contributed by atoms with Crippen LogP contribution in [-0.4, -0.2) is 35.8 Å². The molecule has 1 heterocycles. The van der Waals surface area contributed by atoms with E-state index >= 15 is 0 Å². The lowest BCUT2D eigenvalue weighted by Gasteiger charge is -2.22. The number of hydrogen-bond donors (Lipinski definition) is 2. The highest BCUT2D eigenvalue weighted by Crippen LogP contribution is 2.42. The van der Waals surface area contributed by atoms with Gasteiger partial charge in [-0.15, -0.1) is 0 Å². The Bertz CT molecular complexity index is 240. The van der Waals surface area contributed by atoms with Crippen molar-refractivity contribution in [1.82, 2.24) is 0 Å². The smallest absolute Gasteiger partial charge is 0.381 e. The minimum atomic E-state index is -4.40. The van der Waals surface area contributed by atoms with Crippen molar-refractivity contribution in [3.8, 4) is 0 Å². The summed E-state index contributed by atoms with van der Waals surface area (Å²) in [6.45, 7) is 3.89. The van der Waals surface area contributed by atoms with Crippen molar-refractivity contribution >= 4 is 15.7 Å². The summed E-state index contributed by atoms with van der Waals surface area (Å²) in [5, 5.41) is 0. The van der Waals surface area contributed by atoms with Crippen LogP contribution in [0.1, 0.15) is 20.3 Å². The first kappa shape index (κ1) is 12.2. The normalized spacial score (nSPS) is 33.9. The molecule has 3 unspecified atom stereocenters. The molecule has 3 atom stereocenters. The maximum atomic E-state index is 10.7. The SMILES string of the molecule is BC1CC(OP(=O)(O)O)C(C(C)C)O1. The number of phosphoric acid groups is 1. The van der Waals surface area contributed by atoms with Crippen LogP contribution in [0.3, 0.4) is 0 Å². The molecule has 1 aliphatic rings. The first-order valence-corrected chi connectivity index (χ1v) is 6.22. The molecule has 7 heteroatoms. The van der Waals surface area contributed by atoms with E-state index in [9.17, 15) is 4.57 Å². The zero-order chi connectivity index (χ0) is 10.9. The van der Waals surface area contributed by atoms with E-state index in [4.69, 9.17) is 14.5 Å². The Morgan fingerprint density at radius 3 is 2.57 bits per heavy atom. The summed E-state index contributed by atoms with van der Waals surface area (Å²) in [6, 6.07) is -0.000972. The van der Waals surface area contributed by atoms with Gasteiger partial charge in [0.25, 0.3) is 0 Å². The topological polar surface area (TPSA) is 76.0 Å². The third kappa shape index (κ3) is 3.37. The van der Waals surface area contributed by atoms with Crippen LogP contribution in [0.5, 0.6) is 0 Å². The van der Waals surface area contributed by atoms with Gasteiger partial charge in [-0.25, -0.2) is 4.57 Å². The molecular formula is C7H16BO5P. The lowest BCUT2D eigenvalue weighted by atomic mass is 9.94. The van der Waals surface area contributed by atoms with Gasteiger partial charge in [-0.2, -0.15) is 0 Å². The molecule has 1 aliphatic heterocycles. The van der Waals surface area contributed by atoms with Gasteiger partial charge in [-0.1, -0.05) is 13.8 Å². The van der Waals surface area contributed by atoms with E-state index < -0.39 is 13.9 Å². The molecular weight excluding hydrogens is 206 g/mol. The predicted octanol–water partition coefficient (Wildman–Crippen LogP) is -0.132. The van der Waals surface area contributed by atoms with Crippen molar-refractivity contribution in [1.29, 1.82) is 0 Å². The average molecular weight is 222 g/mol. The molecule has 0 aromatic carbocycles. The Hall–Kier alpha value is 0.135. The molecule has 14 heavy (non-hydrogen) atoms. The highest BCUT2D eigenvalue weighted by molar-refractivity contribution is 7.46. The molecule has 82 valence electrons. The molecule has 1 saturated heterocycles. The first-order chi connectivity index (χ1) is 6.29. The average Bonchev–Trinajstić information content (AvgIpc) is 2.27. The number of hydrogen-bond acceptors (Lipinski definition) is 3. The summed E-state index contributed by atoms with van der Waals surface area (Å²) in [5.74, 6) is 0.191. The van der Waals surface area contributed by atoms with Gasteiger partial charge in [0.1, 0.15) is 7.85 Å². The highest BCUT2D eigenvalue weighted by atomic mass is 31.2. The van der Waals surface area contributed by atoms with Crippen molar-refractivity contribution in [3.63, 3.8) is 0 Å².